The van der Waals surface area contributed by atoms with Crippen LogP contribution in [0, 0.1) is 11.3 Å². The molecule has 27 heavy (non-hydrogen) atoms. The highest BCUT2D eigenvalue weighted by atomic mass is 32.2. The summed E-state index contributed by atoms with van der Waals surface area (Å²) in [6, 6.07) is 2.32. The molecule has 0 unspecified atom stereocenters. The first-order valence-corrected chi connectivity index (χ1v) is 11.5. The van der Waals surface area contributed by atoms with Crippen molar-refractivity contribution in [1.29, 1.82) is 0 Å². The van der Waals surface area contributed by atoms with E-state index in [-0.39, 0.29) is 5.91 Å². The number of nitrogens with zero attached hydrogens (tertiary/aromatic N) is 4. The van der Waals surface area contributed by atoms with Crippen molar-refractivity contribution in [2.24, 2.45) is 18.4 Å². The predicted molar refractivity (Wildman–Crippen MR) is 111 cm³/mol. The van der Waals surface area contributed by atoms with Crippen LogP contribution in [0.25, 0.3) is 10.7 Å². The van der Waals surface area contributed by atoms with Gasteiger partial charge >= 0.3 is 0 Å². The zero-order valence-corrected chi connectivity index (χ0v) is 18.3. The van der Waals surface area contributed by atoms with Gasteiger partial charge in [0.2, 0.25) is 5.91 Å². The van der Waals surface area contributed by atoms with Crippen LogP contribution in [0.1, 0.15) is 44.1 Å². The summed E-state index contributed by atoms with van der Waals surface area (Å²) >= 11 is 3.35. The number of aryl methyl sites for hydroxylation is 1. The Kier molecular flexibility index (Phi) is 5.10. The SMILES string of the molecule is Cn1c(SCC(=O)N2CCC2)nnc1-c1cc2c(s1)CC[C@H](C(C)(C)C)C2. The van der Waals surface area contributed by atoms with E-state index in [0.717, 1.165) is 36.4 Å². The van der Waals surface area contributed by atoms with E-state index in [4.69, 9.17) is 0 Å². The molecular formula is C20H28N4OS2. The Morgan fingerprint density at radius 3 is 2.78 bits per heavy atom. The molecule has 1 saturated heterocycles. The van der Waals surface area contributed by atoms with E-state index >= 15 is 0 Å². The summed E-state index contributed by atoms with van der Waals surface area (Å²) < 4.78 is 2.03. The summed E-state index contributed by atoms with van der Waals surface area (Å²) in [5.74, 6) is 2.31. The van der Waals surface area contributed by atoms with Crippen LogP contribution in [0.2, 0.25) is 0 Å². The highest BCUT2D eigenvalue weighted by Gasteiger charge is 2.30. The van der Waals surface area contributed by atoms with Gasteiger partial charge in [-0.2, -0.15) is 0 Å². The van der Waals surface area contributed by atoms with Crippen molar-refractivity contribution < 1.29 is 4.79 Å². The Bertz CT molecular complexity index is 845. The minimum absolute atomic E-state index is 0.204. The molecule has 3 heterocycles. The summed E-state index contributed by atoms with van der Waals surface area (Å²) in [5.41, 5.74) is 1.85. The van der Waals surface area contributed by atoms with Crippen molar-refractivity contribution >= 4 is 29.0 Å². The zero-order chi connectivity index (χ0) is 19.2. The Balaban J connectivity index is 1.48. The van der Waals surface area contributed by atoms with Crippen molar-refractivity contribution in [3.8, 4) is 10.7 Å². The number of amides is 1. The molecule has 1 aliphatic carbocycles. The highest BCUT2D eigenvalue weighted by Crippen LogP contribution is 2.42. The van der Waals surface area contributed by atoms with Crippen LogP contribution in [0.3, 0.4) is 0 Å². The zero-order valence-electron chi connectivity index (χ0n) is 16.6. The lowest BCUT2D eigenvalue weighted by Crippen LogP contribution is -2.43. The van der Waals surface area contributed by atoms with E-state index in [1.54, 1.807) is 0 Å². The van der Waals surface area contributed by atoms with Gasteiger partial charge in [0.25, 0.3) is 0 Å². The Morgan fingerprint density at radius 1 is 1.33 bits per heavy atom. The monoisotopic (exact) mass is 404 g/mol. The number of hydrogen-bond acceptors (Lipinski definition) is 5. The molecule has 146 valence electrons. The van der Waals surface area contributed by atoms with Gasteiger partial charge in [0, 0.05) is 25.0 Å². The van der Waals surface area contributed by atoms with Gasteiger partial charge in [-0.1, -0.05) is 32.5 Å². The number of thiophene rings is 1. The van der Waals surface area contributed by atoms with Crippen LogP contribution in [-0.4, -0.2) is 44.4 Å². The molecule has 2 aliphatic rings. The number of likely N-dealkylation sites (tertiary alicyclic amines) is 1. The number of hydrogen-bond donors (Lipinski definition) is 0. The molecule has 0 spiro atoms. The van der Waals surface area contributed by atoms with Crippen LogP contribution >= 0.6 is 23.1 Å². The molecule has 1 fully saturated rings. The molecule has 0 bridgehead atoms. The summed E-state index contributed by atoms with van der Waals surface area (Å²) in [5, 5.41) is 9.59. The van der Waals surface area contributed by atoms with Crippen LogP contribution in [0.5, 0.6) is 0 Å². The summed E-state index contributed by atoms with van der Waals surface area (Å²) in [7, 11) is 2.00. The fourth-order valence-corrected chi connectivity index (χ4v) is 5.85. The average Bonchev–Trinajstić information content (AvgIpc) is 3.12. The second-order valence-corrected chi connectivity index (χ2v) is 10.8. The number of carbonyl (C=O) groups is 1. The molecular weight excluding hydrogens is 376 g/mol. The largest absolute Gasteiger partial charge is 0.342 e. The van der Waals surface area contributed by atoms with Gasteiger partial charge in [-0.3, -0.25) is 4.79 Å². The summed E-state index contributed by atoms with van der Waals surface area (Å²) in [4.78, 5) is 16.7. The van der Waals surface area contributed by atoms with Crippen molar-refractivity contribution in [1.82, 2.24) is 19.7 Å². The molecule has 1 amide bonds. The van der Waals surface area contributed by atoms with E-state index in [2.05, 4.69) is 37.0 Å². The van der Waals surface area contributed by atoms with Crippen LogP contribution < -0.4 is 0 Å². The van der Waals surface area contributed by atoms with E-state index < -0.39 is 0 Å². The maximum atomic E-state index is 12.1. The first kappa shape index (κ1) is 19.0. The predicted octanol–water partition coefficient (Wildman–Crippen LogP) is 4.02. The Labute approximate surface area is 169 Å². The average molecular weight is 405 g/mol. The van der Waals surface area contributed by atoms with Crippen LogP contribution in [-0.2, 0) is 24.7 Å². The summed E-state index contributed by atoms with van der Waals surface area (Å²) in [6.45, 7) is 8.86. The third-order valence-corrected chi connectivity index (χ3v) is 8.13. The molecule has 0 saturated carbocycles. The van der Waals surface area contributed by atoms with Gasteiger partial charge < -0.3 is 9.47 Å². The first-order valence-electron chi connectivity index (χ1n) is 9.75. The molecule has 5 nitrogen and oxygen atoms in total. The van der Waals surface area contributed by atoms with Crippen molar-refractivity contribution in [2.75, 3.05) is 18.8 Å². The third-order valence-electron chi connectivity index (χ3n) is 5.90. The molecule has 2 aromatic heterocycles. The molecule has 0 radical (unpaired) electrons. The fraction of sp³-hybridized carbons (Fsp3) is 0.650. The van der Waals surface area contributed by atoms with E-state index in [0.29, 0.717) is 11.2 Å². The smallest absolute Gasteiger partial charge is 0.233 e. The maximum Gasteiger partial charge on any atom is 0.233 e. The number of carbonyl (C=O) groups excluding carboxylic acids is 1. The van der Waals surface area contributed by atoms with Crippen molar-refractivity contribution in [3.05, 3.63) is 16.5 Å². The minimum atomic E-state index is 0.204. The quantitative estimate of drug-likeness (QED) is 0.722. The molecule has 1 aliphatic heterocycles. The number of rotatable bonds is 4. The molecule has 7 heteroatoms. The van der Waals surface area contributed by atoms with E-state index in [9.17, 15) is 4.79 Å². The number of thioether (sulfide) groups is 1. The van der Waals surface area contributed by atoms with Crippen molar-refractivity contribution in [2.45, 2.75) is 51.6 Å². The van der Waals surface area contributed by atoms with E-state index in [1.165, 1.54) is 46.3 Å². The Hall–Kier alpha value is -1.34. The maximum absolute atomic E-state index is 12.1. The van der Waals surface area contributed by atoms with Crippen LogP contribution in [0.4, 0.5) is 0 Å². The number of aromatic nitrogens is 3. The molecule has 0 N–H and O–H groups in total. The second kappa shape index (κ2) is 7.24. The van der Waals surface area contributed by atoms with Gasteiger partial charge in [-0.25, -0.2) is 0 Å². The van der Waals surface area contributed by atoms with Gasteiger partial charge in [-0.05, 0) is 48.6 Å². The summed E-state index contributed by atoms with van der Waals surface area (Å²) in [6.07, 6.45) is 4.74. The van der Waals surface area contributed by atoms with Gasteiger partial charge in [-0.15, -0.1) is 21.5 Å². The Morgan fingerprint density at radius 2 is 2.11 bits per heavy atom. The fourth-order valence-electron chi connectivity index (χ4n) is 3.81. The third kappa shape index (κ3) is 3.81. The lowest BCUT2D eigenvalue weighted by molar-refractivity contribution is -0.131. The van der Waals surface area contributed by atoms with Gasteiger partial charge in [0.1, 0.15) is 0 Å². The molecule has 1 atom stereocenters. The lowest BCUT2D eigenvalue weighted by Gasteiger charge is -2.33. The van der Waals surface area contributed by atoms with E-state index in [1.807, 2.05) is 27.9 Å². The highest BCUT2D eigenvalue weighted by molar-refractivity contribution is 7.99. The van der Waals surface area contributed by atoms with Gasteiger partial charge in [0.15, 0.2) is 11.0 Å². The topological polar surface area (TPSA) is 51.0 Å². The van der Waals surface area contributed by atoms with Gasteiger partial charge in [0.05, 0.1) is 10.6 Å². The number of fused-ring (bicyclic) bond motifs is 1. The molecule has 2 aromatic rings. The lowest BCUT2D eigenvalue weighted by atomic mass is 9.72. The standard InChI is InChI=1S/C20H28N4OS2/c1-20(2,3)14-6-7-15-13(10-14)11-16(27-15)18-21-22-19(23(18)4)26-12-17(25)24-8-5-9-24/h11,14H,5-10,12H2,1-4H3/t14-/m0/s1. The first-order chi connectivity index (χ1) is 12.8. The molecule has 4 rings (SSSR count). The molecule has 0 aromatic carbocycles. The normalized spacial score (nSPS) is 19.7. The van der Waals surface area contributed by atoms with Crippen LogP contribution in [0.15, 0.2) is 11.2 Å². The second-order valence-electron chi connectivity index (χ2n) is 8.75. The minimum Gasteiger partial charge on any atom is -0.342 e. The van der Waals surface area contributed by atoms with Crippen molar-refractivity contribution in [3.63, 3.8) is 0 Å².